The number of benzene rings is 1. The summed E-state index contributed by atoms with van der Waals surface area (Å²) in [5, 5.41) is 15.5. The molecule has 2 aromatic rings. The number of carbonyl (C=O) groups is 2. The molecule has 2 N–H and O–H groups in total. The zero-order valence-electron chi connectivity index (χ0n) is 12.2. The van der Waals surface area contributed by atoms with Gasteiger partial charge in [0, 0.05) is 12.4 Å². The number of nitrogens with one attached hydrogen (secondary N) is 1. The lowest BCUT2D eigenvalue weighted by Gasteiger charge is -2.20. The average molecular weight is 340 g/mol. The van der Waals surface area contributed by atoms with E-state index < -0.39 is 29.8 Å². The fraction of sp³-hybridized carbons (Fsp3) is 0.267. The minimum atomic E-state index is -1.11. The highest BCUT2D eigenvalue weighted by Crippen LogP contribution is 2.23. The maximum absolute atomic E-state index is 13.6. The molecule has 2 atom stereocenters. The predicted molar refractivity (Wildman–Crippen MR) is 81.5 cm³/mol. The number of hydrogen-bond acceptors (Lipinski definition) is 3. The molecule has 122 valence electrons. The van der Waals surface area contributed by atoms with Crippen molar-refractivity contribution in [3.05, 3.63) is 53.1 Å². The molecule has 2 unspecified atom stereocenters. The molecule has 6 nitrogen and oxygen atoms in total. The first-order valence-electron chi connectivity index (χ1n) is 6.84. The van der Waals surface area contributed by atoms with Crippen LogP contribution in [0.4, 0.5) is 4.39 Å². The SMILES string of the molecule is CC(C(=O)NC(CC(=O)O)c1ccc(Cl)c(F)c1)n1cccn1. The fourth-order valence-corrected chi connectivity index (χ4v) is 2.20. The van der Waals surface area contributed by atoms with E-state index in [9.17, 15) is 14.0 Å². The van der Waals surface area contributed by atoms with Gasteiger partial charge in [0.15, 0.2) is 0 Å². The van der Waals surface area contributed by atoms with Crippen molar-refractivity contribution in [1.29, 1.82) is 0 Å². The summed E-state index contributed by atoms with van der Waals surface area (Å²) in [6.07, 6.45) is 2.78. The first kappa shape index (κ1) is 17.0. The van der Waals surface area contributed by atoms with Crippen LogP contribution in [0, 0.1) is 5.82 Å². The van der Waals surface area contributed by atoms with Gasteiger partial charge in [-0.1, -0.05) is 17.7 Å². The van der Waals surface area contributed by atoms with Crippen LogP contribution < -0.4 is 5.32 Å². The lowest BCUT2D eigenvalue weighted by atomic mass is 10.0. The van der Waals surface area contributed by atoms with Crippen molar-refractivity contribution >= 4 is 23.5 Å². The number of carbonyl (C=O) groups excluding carboxylic acids is 1. The molecular formula is C15H15ClFN3O3. The van der Waals surface area contributed by atoms with Gasteiger partial charge in [0.05, 0.1) is 17.5 Å². The van der Waals surface area contributed by atoms with Crippen molar-refractivity contribution in [1.82, 2.24) is 15.1 Å². The quantitative estimate of drug-likeness (QED) is 0.847. The molecule has 1 amide bonds. The van der Waals surface area contributed by atoms with Crippen LogP contribution in [0.1, 0.15) is 31.0 Å². The zero-order valence-corrected chi connectivity index (χ0v) is 13.0. The van der Waals surface area contributed by atoms with Crippen LogP contribution >= 0.6 is 11.6 Å². The van der Waals surface area contributed by atoms with Gasteiger partial charge in [0.2, 0.25) is 5.91 Å². The number of halogens is 2. The van der Waals surface area contributed by atoms with E-state index in [1.165, 1.54) is 23.0 Å². The molecule has 0 aliphatic carbocycles. The number of aromatic nitrogens is 2. The van der Waals surface area contributed by atoms with Crippen LogP contribution in [0.25, 0.3) is 0 Å². The molecule has 23 heavy (non-hydrogen) atoms. The Morgan fingerprint density at radius 3 is 2.78 bits per heavy atom. The smallest absolute Gasteiger partial charge is 0.305 e. The van der Waals surface area contributed by atoms with E-state index in [1.54, 1.807) is 19.2 Å². The number of carboxylic acids is 1. The van der Waals surface area contributed by atoms with Gasteiger partial charge in [0.25, 0.3) is 0 Å². The number of hydrogen-bond donors (Lipinski definition) is 2. The van der Waals surface area contributed by atoms with Gasteiger partial charge in [-0.2, -0.15) is 5.10 Å². The van der Waals surface area contributed by atoms with E-state index in [0.29, 0.717) is 5.56 Å². The number of amides is 1. The number of carboxylic acid groups (broad SMARTS) is 1. The summed E-state index contributed by atoms with van der Waals surface area (Å²) in [5.41, 5.74) is 0.329. The summed E-state index contributed by atoms with van der Waals surface area (Å²) >= 11 is 5.62. The highest BCUT2D eigenvalue weighted by molar-refractivity contribution is 6.30. The normalized spacial score (nSPS) is 13.3. The second-order valence-corrected chi connectivity index (χ2v) is 5.40. The molecule has 0 bridgehead atoms. The summed E-state index contributed by atoms with van der Waals surface area (Å²) in [6.45, 7) is 1.63. The molecule has 1 aromatic carbocycles. The molecule has 2 rings (SSSR count). The maximum Gasteiger partial charge on any atom is 0.305 e. The summed E-state index contributed by atoms with van der Waals surface area (Å²) in [7, 11) is 0. The Morgan fingerprint density at radius 2 is 2.22 bits per heavy atom. The third-order valence-electron chi connectivity index (χ3n) is 3.34. The van der Waals surface area contributed by atoms with E-state index in [-0.39, 0.29) is 11.4 Å². The second-order valence-electron chi connectivity index (χ2n) is 4.99. The van der Waals surface area contributed by atoms with Crippen molar-refractivity contribution in [3.63, 3.8) is 0 Å². The van der Waals surface area contributed by atoms with Gasteiger partial charge >= 0.3 is 5.97 Å². The third kappa shape index (κ3) is 4.29. The Bertz CT molecular complexity index is 706. The van der Waals surface area contributed by atoms with Crippen LogP contribution in [0.2, 0.25) is 5.02 Å². The van der Waals surface area contributed by atoms with E-state index in [1.807, 2.05) is 0 Å². The number of aliphatic carboxylic acids is 1. The van der Waals surface area contributed by atoms with E-state index >= 15 is 0 Å². The fourth-order valence-electron chi connectivity index (χ4n) is 2.08. The van der Waals surface area contributed by atoms with Gasteiger partial charge in [0.1, 0.15) is 11.9 Å². The molecular weight excluding hydrogens is 325 g/mol. The number of rotatable bonds is 6. The van der Waals surface area contributed by atoms with E-state index in [0.717, 1.165) is 6.07 Å². The van der Waals surface area contributed by atoms with Crippen molar-refractivity contribution < 1.29 is 19.1 Å². The molecule has 1 aromatic heterocycles. The van der Waals surface area contributed by atoms with Gasteiger partial charge in [-0.3, -0.25) is 14.3 Å². The lowest BCUT2D eigenvalue weighted by molar-refractivity contribution is -0.137. The summed E-state index contributed by atoms with van der Waals surface area (Å²) in [4.78, 5) is 23.3. The molecule has 0 fully saturated rings. The van der Waals surface area contributed by atoms with Crippen LogP contribution in [-0.4, -0.2) is 26.8 Å². The van der Waals surface area contributed by atoms with Crippen LogP contribution in [0.15, 0.2) is 36.7 Å². The topological polar surface area (TPSA) is 84.2 Å². The molecule has 1 heterocycles. The van der Waals surface area contributed by atoms with Crippen molar-refractivity contribution in [2.75, 3.05) is 0 Å². The van der Waals surface area contributed by atoms with Crippen LogP contribution in [0.3, 0.4) is 0 Å². The van der Waals surface area contributed by atoms with Gasteiger partial charge < -0.3 is 10.4 Å². The second kappa shape index (κ2) is 7.23. The first-order chi connectivity index (χ1) is 10.9. The summed E-state index contributed by atoms with van der Waals surface area (Å²) in [6, 6.07) is 4.10. The Morgan fingerprint density at radius 1 is 1.48 bits per heavy atom. The Kier molecular flexibility index (Phi) is 5.33. The average Bonchev–Trinajstić information content (AvgIpc) is 3.02. The minimum Gasteiger partial charge on any atom is -0.481 e. The Balaban J connectivity index is 2.19. The first-order valence-corrected chi connectivity index (χ1v) is 7.22. The third-order valence-corrected chi connectivity index (χ3v) is 3.65. The Hall–Kier alpha value is -2.41. The van der Waals surface area contributed by atoms with Gasteiger partial charge in [-0.15, -0.1) is 0 Å². The Labute approximate surface area is 136 Å². The van der Waals surface area contributed by atoms with E-state index in [2.05, 4.69) is 10.4 Å². The van der Waals surface area contributed by atoms with E-state index in [4.69, 9.17) is 16.7 Å². The standard InChI is InChI=1S/C15H15ClFN3O3/c1-9(20-6-2-5-18-20)15(23)19-13(8-14(21)22)10-3-4-11(16)12(17)7-10/h2-7,9,13H,8H2,1H3,(H,19,23)(H,21,22). The molecule has 0 spiro atoms. The van der Waals surface area contributed by atoms with Crippen LogP contribution in [0.5, 0.6) is 0 Å². The molecule has 0 saturated carbocycles. The summed E-state index contributed by atoms with van der Waals surface area (Å²) < 4.78 is 15.0. The van der Waals surface area contributed by atoms with Crippen molar-refractivity contribution in [2.45, 2.75) is 25.4 Å². The van der Waals surface area contributed by atoms with Gasteiger partial charge in [-0.25, -0.2) is 4.39 Å². The van der Waals surface area contributed by atoms with Gasteiger partial charge in [-0.05, 0) is 30.7 Å². The zero-order chi connectivity index (χ0) is 17.0. The minimum absolute atomic E-state index is 0.0703. The number of nitrogens with zero attached hydrogens (tertiary/aromatic N) is 2. The van der Waals surface area contributed by atoms with Crippen molar-refractivity contribution in [2.24, 2.45) is 0 Å². The predicted octanol–water partition coefficient (Wildman–Crippen LogP) is 2.57. The monoisotopic (exact) mass is 339 g/mol. The molecule has 0 saturated heterocycles. The molecule has 0 aliphatic rings. The molecule has 0 radical (unpaired) electrons. The highest BCUT2D eigenvalue weighted by Gasteiger charge is 2.23. The van der Waals surface area contributed by atoms with Crippen molar-refractivity contribution in [3.8, 4) is 0 Å². The summed E-state index contributed by atoms with van der Waals surface area (Å²) in [5.74, 6) is -2.21. The molecule has 8 heteroatoms. The highest BCUT2D eigenvalue weighted by atomic mass is 35.5. The largest absolute Gasteiger partial charge is 0.481 e. The lowest BCUT2D eigenvalue weighted by Crippen LogP contribution is -2.35. The maximum atomic E-state index is 13.6. The van der Waals surface area contributed by atoms with Crippen LogP contribution in [-0.2, 0) is 9.59 Å². The molecule has 0 aliphatic heterocycles.